The van der Waals surface area contributed by atoms with Crippen molar-refractivity contribution < 1.29 is 4.42 Å². The summed E-state index contributed by atoms with van der Waals surface area (Å²) in [4.78, 5) is 16.4. The van der Waals surface area contributed by atoms with Gasteiger partial charge in [0.2, 0.25) is 11.9 Å². The van der Waals surface area contributed by atoms with Crippen LogP contribution in [0.1, 0.15) is 25.0 Å². The first-order valence-corrected chi connectivity index (χ1v) is 7.77. The number of furan rings is 1. The molecule has 0 saturated carbocycles. The van der Waals surface area contributed by atoms with Crippen LogP contribution in [-0.2, 0) is 0 Å². The Balaban J connectivity index is 1.87. The van der Waals surface area contributed by atoms with Crippen molar-refractivity contribution in [2.24, 2.45) is 5.84 Å². The van der Waals surface area contributed by atoms with Gasteiger partial charge in [-0.25, -0.2) is 5.84 Å². The topological polar surface area (TPSA) is 93.1 Å². The monoisotopic (exact) mass is 306 g/mol. The second kappa shape index (κ2) is 6.31. The van der Waals surface area contributed by atoms with Crippen molar-refractivity contribution in [1.82, 2.24) is 15.0 Å². The Labute approximate surface area is 127 Å². The predicted octanol–water partition coefficient (Wildman–Crippen LogP) is 2.20. The second-order valence-corrected chi connectivity index (χ2v) is 5.89. The van der Waals surface area contributed by atoms with Gasteiger partial charge in [0.1, 0.15) is 5.76 Å². The minimum Gasteiger partial charge on any atom is -0.468 e. The highest BCUT2D eigenvalue weighted by Gasteiger charge is 2.17. The molecule has 7 nitrogen and oxygen atoms in total. The van der Waals surface area contributed by atoms with E-state index in [2.05, 4.69) is 25.3 Å². The maximum atomic E-state index is 5.47. The van der Waals surface area contributed by atoms with Gasteiger partial charge >= 0.3 is 0 Å². The van der Waals surface area contributed by atoms with E-state index in [9.17, 15) is 0 Å². The zero-order valence-electron chi connectivity index (χ0n) is 11.9. The van der Waals surface area contributed by atoms with Gasteiger partial charge in [0, 0.05) is 13.1 Å². The first-order valence-electron chi connectivity index (χ1n) is 6.96. The molecule has 1 saturated heterocycles. The number of anilines is 2. The first kappa shape index (κ1) is 14.2. The van der Waals surface area contributed by atoms with E-state index < -0.39 is 0 Å². The van der Waals surface area contributed by atoms with E-state index in [-0.39, 0.29) is 0 Å². The first-order chi connectivity index (χ1) is 10.3. The molecule has 0 aromatic carbocycles. The average Bonchev–Trinajstić information content (AvgIpc) is 2.93. The Kier molecular flexibility index (Phi) is 4.26. The molecule has 1 aliphatic rings. The van der Waals surface area contributed by atoms with E-state index >= 15 is 0 Å². The van der Waals surface area contributed by atoms with Crippen LogP contribution in [0.2, 0.25) is 0 Å². The van der Waals surface area contributed by atoms with Crippen LogP contribution in [0.5, 0.6) is 0 Å². The van der Waals surface area contributed by atoms with Crippen LogP contribution >= 0.6 is 11.8 Å². The van der Waals surface area contributed by atoms with Gasteiger partial charge in [0.25, 0.3) is 0 Å². The number of piperidine rings is 1. The SMILES string of the molecule is Cc1occc1Sc1nc(NN)nc(N2CCCCC2)n1. The van der Waals surface area contributed by atoms with E-state index in [1.165, 1.54) is 31.0 Å². The molecular formula is C13H18N6OS. The lowest BCUT2D eigenvalue weighted by atomic mass is 10.1. The van der Waals surface area contributed by atoms with E-state index in [4.69, 9.17) is 10.3 Å². The molecule has 2 aromatic rings. The van der Waals surface area contributed by atoms with Crippen molar-refractivity contribution in [2.75, 3.05) is 23.4 Å². The number of nitrogen functional groups attached to an aromatic ring is 1. The van der Waals surface area contributed by atoms with E-state index in [1.807, 2.05) is 13.0 Å². The molecule has 112 valence electrons. The number of nitrogens with zero attached hydrogens (tertiary/aromatic N) is 4. The third-order valence-electron chi connectivity index (χ3n) is 3.38. The lowest BCUT2D eigenvalue weighted by Crippen LogP contribution is -2.31. The maximum Gasteiger partial charge on any atom is 0.242 e. The molecule has 2 aromatic heterocycles. The lowest BCUT2D eigenvalue weighted by Gasteiger charge is -2.26. The Hall–Kier alpha value is -1.80. The smallest absolute Gasteiger partial charge is 0.242 e. The molecule has 0 aliphatic carbocycles. The molecule has 0 unspecified atom stereocenters. The quantitative estimate of drug-likeness (QED) is 0.656. The van der Waals surface area contributed by atoms with Gasteiger partial charge < -0.3 is 9.32 Å². The Bertz CT molecular complexity index is 610. The van der Waals surface area contributed by atoms with Crippen molar-refractivity contribution in [3.63, 3.8) is 0 Å². The highest BCUT2D eigenvalue weighted by Crippen LogP contribution is 2.30. The van der Waals surface area contributed by atoms with Gasteiger partial charge in [-0.05, 0) is 44.0 Å². The molecule has 21 heavy (non-hydrogen) atoms. The van der Waals surface area contributed by atoms with Crippen molar-refractivity contribution in [3.8, 4) is 0 Å². The molecule has 0 atom stereocenters. The lowest BCUT2D eigenvalue weighted by molar-refractivity contribution is 0.526. The number of hydrazine groups is 1. The number of nitrogens with two attached hydrogens (primary N) is 1. The summed E-state index contributed by atoms with van der Waals surface area (Å²) in [5.74, 6) is 7.39. The number of aryl methyl sites for hydroxylation is 1. The number of hydrogen-bond acceptors (Lipinski definition) is 8. The second-order valence-electron chi connectivity index (χ2n) is 4.88. The molecule has 0 spiro atoms. The fraction of sp³-hybridized carbons (Fsp3) is 0.462. The van der Waals surface area contributed by atoms with Gasteiger partial charge in [0.05, 0.1) is 11.2 Å². The van der Waals surface area contributed by atoms with Crippen molar-refractivity contribution >= 4 is 23.7 Å². The summed E-state index contributed by atoms with van der Waals surface area (Å²) in [5.41, 5.74) is 2.52. The van der Waals surface area contributed by atoms with Crippen molar-refractivity contribution in [2.45, 2.75) is 36.2 Å². The summed E-state index contributed by atoms with van der Waals surface area (Å²) in [6, 6.07) is 1.90. The zero-order valence-corrected chi connectivity index (χ0v) is 12.7. The summed E-state index contributed by atoms with van der Waals surface area (Å²) in [6.45, 7) is 3.86. The molecule has 1 aliphatic heterocycles. The van der Waals surface area contributed by atoms with Crippen molar-refractivity contribution in [1.29, 1.82) is 0 Å². The number of nitrogens with one attached hydrogen (secondary N) is 1. The van der Waals surface area contributed by atoms with Crippen LogP contribution in [-0.4, -0.2) is 28.0 Å². The molecule has 0 amide bonds. The summed E-state index contributed by atoms with van der Waals surface area (Å²) in [6.07, 6.45) is 5.26. The molecule has 0 bridgehead atoms. The minimum absolute atomic E-state index is 0.384. The maximum absolute atomic E-state index is 5.47. The van der Waals surface area contributed by atoms with Crippen LogP contribution in [0.25, 0.3) is 0 Å². The largest absolute Gasteiger partial charge is 0.468 e. The van der Waals surface area contributed by atoms with Gasteiger partial charge in [-0.15, -0.1) is 0 Å². The minimum atomic E-state index is 0.384. The van der Waals surface area contributed by atoms with E-state index in [0.29, 0.717) is 17.1 Å². The van der Waals surface area contributed by atoms with Gasteiger partial charge in [-0.3, -0.25) is 5.43 Å². The average molecular weight is 306 g/mol. The molecular weight excluding hydrogens is 288 g/mol. The third kappa shape index (κ3) is 3.27. The molecule has 1 fully saturated rings. The number of rotatable bonds is 4. The molecule has 3 rings (SSSR count). The van der Waals surface area contributed by atoms with Crippen LogP contribution in [0.15, 0.2) is 26.8 Å². The number of aromatic nitrogens is 3. The van der Waals surface area contributed by atoms with Gasteiger partial charge in [-0.1, -0.05) is 0 Å². The Morgan fingerprint density at radius 1 is 1.24 bits per heavy atom. The normalized spacial score (nSPS) is 15.2. The molecule has 0 radical (unpaired) electrons. The summed E-state index contributed by atoms with van der Waals surface area (Å²) < 4.78 is 5.30. The van der Waals surface area contributed by atoms with Gasteiger partial charge in [0.15, 0.2) is 5.16 Å². The van der Waals surface area contributed by atoms with Crippen LogP contribution in [0.3, 0.4) is 0 Å². The highest BCUT2D eigenvalue weighted by atomic mass is 32.2. The summed E-state index contributed by atoms with van der Waals surface area (Å²) in [5, 5.41) is 0.614. The summed E-state index contributed by atoms with van der Waals surface area (Å²) in [7, 11) is 0. The van der Waals surface area contributed by atoms with Crippen LogP contribution in [0.4, 0.5) is 11.9 Å². The standard InChI is InChI=1S/C13H18N6OS/c1-9-10(5-8-20-9)21-13-16-11(18-14)15-12(17-13)19-6-3-2-4-7-19/h5,8H,2-4,6-7,14H2,1H3,(H,15,16,17,18). The fourth-order valence-electron chi connectivity index (χ4n) is 2.27. The van der Waals surface area contributed by atoms with Crippen LogP contribution < -0.4 is 16.2 Å². The highest BCUT2D eigenvalue weighted by molar-refractivity contribution is 7.99. The Morgan fingerprint density at radius 2 is 2.05 bits per heavy atom. The number of hydrogen-bond donors (Lipinski definition) is 2. The summed E-state index contributed by atoms with van der Waals surface area (Å²) >= 11 is 1.45. The zero-order chi connectivity index (χ0) is 14.7. The van der Waals surface area contributed by atoms with Crippen molar-refractivity contribution in [3.05, 3.63) is 18.1 Å². The van der Waals surface area contributed by atoms with E-state index in [0.717, 1.165) is 23.7 Å². The third-order valence-corrected chi connectivity index (χ3v) is 4.39. The Morgan fingerprint density at radius 3 is 2.71 bits per heavy atom. The fourth-order valence-corrected chi connectivity index (χ4v) is 3.04. The molecule has 3 heterocycles. The van der Waals surface area contributed by atoms with E-state index in [1.54, 1.807) is 6.26 Å². The van der Waals surface area contributed by atoms with Crippen LogP contribution in [0, 0.1) is 6.92 Å². The van der Waals surface area contributed by atoms with Gasteiger partial charge in [-0.2, -0.15) is 15.0 Å². The molecule has 8 heteroatoms. The molecule has 3 N–H and O–H groups in total. The predicted molar refractivity (Wildman–Crippen MR) is 81.3 cm³/mol.